The maximum absolute atomic E-state index is 11.3. The van der Waals surface area contributed by atoms with Crippen molar-refractivity contribution in [1.82, 2.24) is 20.9 Å². The lowest BCUT2D eigenvalue weighted by molar-refractivity contribution is -0.120. The van der Waals surface area contributed by atoms with Crippen LogP contribution in [0.1, 0.15) is 20.3 Å². The van der Waals surface area contributed by atoms with Gasteiger partial charge in [0, 0.05) is 12.6 Å². The van der Waals surface area contributed by atoms with Crippen molar-refractivity contribution in [2.75, 3.05) is 33.7 Å². The Hall–Kier alpha value is -1.30. The molecule has 6 heteroatoms. The maximum Gasteiger partial charge on any atom is 0.315 e. The van der Waals surface area contributed by atoms with E-state index in [1.165, 1.54) is 0 Å². The molecular weight excluding hydrogens is 220 g/mol. The first-order chi connectivity index (χ1) is 7.91. The third-order valence-corrected chi connectivity index (χ3v) is 1.93. The molecule has 0 fully saturated rings. The highest BCUT2D eigenvalue weighted by molar-refractivity contribution is 5.83. The van der Waals surface area contributed by atoms with Crippen molar-refractivity contribution in [3.05, 3.63) is 0 Å². The zero-order valence-corrected chi connectivity index (χ0v) is 11.2. The minimum Gasteiger partial charge on any atom is -0.355 e. The van der Waals surface area contributed by atoms with Gasteiger partial charge in [0.15, 0.2) is 0 Å². The van der Waals surface area contributed by atoms with E-state index >= 15 is 0 Å². The van der Waals surface area contributed by atoms with E-state index in [1.807, 2.05) is 27.9 Å². The lowest BCUT2D eigenvalue weighted by Gasteiger charge is -2.11. The van der Waals surface area contributed by atoms with Crippen LogP contribution in [0.2, 0.25) is 0 Å². The molecule has 3 N–H and O–H groups in total. The molecule has 0 saturated carbocycles. The summed E-state index contributed by atoms with van der Waals surface area (Å²) in [4.78, 5) is 24.5. The molecule has 0 aliphatic rings. The van der Waals surface area contributed by atoms with E-state index in [0.717, 1.165) is 13.0 Å². The Bertz CT molecular complexity index is 242. The first kappa shape index (κ1) is 15.7. The normalized spacial score (nSPS) is 10.5. The van der Waals surface area contributed by atoms with Crippen LogP contribution >= 0.6 is 0 Å². The highest BCUT2D eigenvalue weighted by atomic mass is 16.2. The van der Waals surface area contributed by atoms with Gasteiger partial charge in [0.1, 0.15) is 0 Å². The molecule has 0 aromatic carbocycles. The SMILES string of the molecule is CC(C)NC(=O)NCC(=O)NCCCN(C)C. The van der Waals surface area contributed by atoms with Crippen molar-refractivity contribution in [2.45, 2.75) is 26.3 Å². The van der Waals surface area contributed by atoms with E-state index in [-0.39, 0.29) is 24.5 Å². The second kappa shape index (κ2) is 8.81. The number of nitrogens with zero attached hydrogens (tertiary/aromatic N) is 1. The largest absolute Gasteiger partial charge is 0.355 e. The topological polar surface area (TPSA) is 73.5 Å². The van der Waals surface area contributed by atoms with Gasteiger partial charge in [0.2, 0.25) is 5.91 Å². The van der Waals surface area contributed by atoms with Crippen molar-refractivity contribution in [1.29, 1.82) is 0 Å². The molecule has 0 heterocycles. The highest BCUT2D eigenvalue weighted by Gasteiger charge is 2.05. The van der Waals surface area contributed by atoms with Gasteiger partial charge in [-0.2, -0.15) is 0 Å². The Kier molecular flexibility index (Phi) is 8.13. The van der Waals surface area contributed by atoms with Crippen molar-refractivity contribution >= 4 is 11.9 Å². The number of rotatable bonds is 7. The third-order valence-electron chi connectivity index (χ3n) is 1.93. The lowest BCUT2D eigenvalue weighted by Crippen LogP contribution is -2.44. The van der Waals surface area contributed by atoms with Gasteiger partial charge in [-0.05, 0) is 40.9 Å². The number of amides is 3. The van der Waals surface area contributed by atoms with Crippen molar-refractivity contribution < 1.29 is 9.59 Å². The Balaban J connectivity index is 3.49. The number of carbonyl (C=O) groups is 2. The molecule has 3 amide bonds. The van der Waals surface area contributed by atoms with Gasteiger partial charge in [0.25, 0.3) is 0 Å². The van der Waals surface area contributed by atoms with E-state index < -0.39 is 0 Å². The van der Waals surface area contributed by atoms with Gasteiger partial charge >= 0.3 is 6.03 Å². The van der Waals surface area contributed by atoms with Crippen LogP contribution in [-0.4, -0.2) is 56.6 Å². The molecule has 0 aliphatic carbocycles. The Morgan fingerprint density at radius 1 is 1.18 bits per heavy atom. The first-order valence-electron chi connectivity index (χ1n) is 5.87. The van der Waals surface area contributed by atoms with Gasteiger partial charge in [-0.1, -0.05) is 0 Å². The molecule has 0 spiro atoms. The van der Waals surface area contributed by atoms with Gasteiger partial charge < -0.3 is 20.9 Å². The molecular formula is C11H24N4O2. The summed E-state index contributed by atoms with van der Waals surface area (Å²) in [5, 5.41) is 7.87. The number of hydrogen-bond acceptors (Lipinski definition) is 3. The standard InChI is InChI=1S/C11H24N4O2/c1-9(2)14-11(17)13-8-10(16)12-6-5-7-15(3)4/h9H,5-8H2,1-4H3,(H,12,16)(H2,13,14,17). The molecule has 0 aliphatic heterocycles. The second-order valence-electron chi connectivity index (χ2n) is 4.49. The minimum absolute atomic E-state index is 0.0144. The Morgan fingerprint density at radius 2 is 1.82 bits per heavy atom. The van der Waals surface area contributed by atoms with Gasteiger partial charge in [-0.25, -0.2) is 4.79 Å². The summed E-state index contributed by atoms with van der Waals surface area (Å²) in [5.74, 6) is -0.164. The van der Waals surface area contributed by atoms with Crippen molar-refractivity contribution in [3.63, 3.8) is 0 Å². The maximum atomic E-state index is 11.3. The molecule has 0 unspecified atom stereocenters. The molecule has 6 nitrogen and oxygen atoms in total. The van der Waals surface area contributed by atoms with Crippen LogP contribution in [0.25, 0.3) is 0 Å². The van der Waals surface area contributed by atoms with Gasteiger partial charge in [-0.15, -0.1) is 0 Å². The van der Waals surface area contributed by atoms with E-state index in [9.17, 15) is 9.59 Å². The molecule has 100 valence electrons. The highest BCUT2D eigenvalue weighted by Crippen LogP contribution is 1.81. The van der Waals surface area contributed by atoms with Crippen LogP contribution in [0.3, 0.4) is 0 Å². The van der Waals surface area contributed by atoms with Crippen LogP contribution in [0, 0.1) is 0 Å². The van der Waals surface area contributed by atoms with E-state index in [2.05, 4.69) is 20.9 Å². The van der Waals surface area contributed by atoms with Gasteiger partial charge in [0.05, 0.1) is 6.54 Å². The Morgan fingerprint density at radius 3 is 2.35 bits per heavy atom. The average Bonchev–Trinajstić information content (AvgIpc) is 2.20. The molecule has 0 aromatic rings. The smallest absolute Gasteiger partial charge is 0.315 e. The van der Waals surface area contributed by atoms with Crippen molar-refractivity contribution in [2.24, 2.45) is 0 Å². The predicted molar refractivity (Wildman–Crippen MR) is 67.9 cm³/mol. The summed E-state index contributed by atoms with van der Waals surface area (Å²) in [6.07, 6.45) is 0.900. The summed E-state index contributed by atoms with van der Waals surface area (Å²) in [7, 11) is 3.97. The molecule has 0 atom stereocenters. The molecule has 0 bridgehead atoms. The van der Waals surface area contributed by atoms with Crippen molar-refractivity contribution in [3.8, 4) is 0 Å². The Labute approximate surface area is 103 Å². The monoisotopic (exact) mass is 244 g/mol. The number of carbonyl (C=O) groups excluding carboxylic acids is 2. The summed E-state index contributed by atoms with van der Waals surface area (Å²) >= 11 is 0. The fourth-order valence-electron chi connectivity index (χ4n) is 1.16. The van der Waals surface area contributed by atoms with Gasteiger partial charge in [-0.3, -0.25) is 4.79 Å². The van der Waals surface area contributed by atoms with Crippen LogP contribution in [0.5, 0.6) is 0 Å². The molecule has 0 saturated heterocycles. The lowest BCUT2D eigenvalue weighted by atomic mass is 10.4. The third kappa shape index (κ3) is 11.0. The van der Waals surface area contributed by atoms with E-state index in [4.69, 9.17) is 0 Å². The molecule has 0 radical (unpaired) electrons. The molecule has 0 rings (SSSR count). The second-order valence-corrected chi connectivity index (χ2v) is 4.49. The number of nitrogens with one attached hydrogen (secondary N) is 3. The molecule has 0 aromatic heterocycles. The average molecular weight is 244 g/mol. The fourth-order valence-corrected chi connectivity index (χ4v) is 1.16. The quantitative estimate of drug-likeness (QED) is 0.541. The number of urea groups is 1. The summed E-state index contributed by atoms with van der Waals surface area (Å²) < 4.78 is 0. The van der Waals surface area contributed by atoms with E-state index in [0.29, 0.717) is 6.54 Å². The van der Waals surface area contributed by atoms with Crippen LogP contribution in [0.15, 0.2) is 0 Å². The minimum atomic E-state index is -0.316. The summed E-state index contributed by atoms with van der Waals surface area (Å²) in [5.41, 5.74) is 0. The van der Waals surface area contributed by atoms with Crippen LogP contribution in [0.4, 0.5) is 4.79 Å². The van der Waals surface area contributed by atoms with Crippen LogP contribution in [-0.2, 0) is 4.79 Å². The predicted octanol–water partition coefficient (Wildman–Crippen LogP) is -0.238. The summed E-state index contributed by atoms with van der Waals surface area (Å²) in [6, 6.07) is -0.249. The van der Waals surface area contributed by atoms with E-state index in [1.54, 1.807) is 0 Å². The number of hydrogen-bond donors (Lipinski definition) is 3. The summed E-state index contributed by atoms with van der Waals surface area (Å²) in [6.45, 7) is 5.30. The van der Waals surface area contributed by atoms with Crippen LogP contribution < -0.4 is 16.0 Å². The zero-order valence-electron chi connectivity index (χ0n) is 11.2. The fraction of sp³-hybridized carbons (Fsp3) is 0.818. The zero-order chi connectivity index (χ0) is 13.3. The molecule has 17 heavy (non-hydrogen) atoms. The first-order valence-corrected chi connectivity index (χ1v) is 5.87.